The van der Waals surface area contributed by atoms with E-state index in [9.17, 15) is 9.59 Å². The summed E-state index contributed by atoms with van der Waals surface area (Å²) in [5.41, 5.74) is 0.975. The number of nitrogens with zero attached hydrogens (tertiary/aromatic N) is 3. The number of carboxylic acid groups (broad SMARTS) is 1. The highest BCUT2D eigenvalue weighted by Gasteiger charge is 2.18. The van der Waals surface area contributed by atoms with Crippen LogP contribution in [-0.2, 0) is 4.84 Å². The van der Waals surface area contributed by atoms with E-state index in [4.69, 9.17) is 9.94 Å². The topological polar surface area (TPSA) is 84.7 Å². The normalized spacial score (nSPS) is 10.6. The predicted molar refractivity (Wildman–Crippen MR) is 62.3 cm³/mol. The number of rotatable bonds is 2. The highest BCUT2D eigenvalue weighted by atomic mass is 16.7. The first-order chi connectivity index (χ1) is 8.56. The summed E-state index contributed by atoms with van der Waals surface area (Å²) in [6.07, 6.45) is 0.0125. The molecule has 0 spiro atoms. The number of amides is 1. The Morgan fingerprint density at radius 1 is 1.44 bits per heavy atom. The third-order valence-corrected chi connectivity index (χ3v) is 2.57. The molecule has 0 aliphatic heterocycles. The van der Waals surface area contributed by atoms with Gasteiger partial charge in [0.2, 0.25) is 0 Å². The summed E-state index contributed by atoms with van der Waals surface area (Å²) in [5, 5.41) is 10.0. The van der Waals surface area contributed by atoms with Crippen molar-refractivity contribution in [3.8, 4) is 0 Å². The minimum absolute atomic E-state index is 0.289. The number of para-hydroxylation sites is 1. The lowest BCUT2D eigenvalue weighted by Gasteiger charge is -2.13. The van der Waals surface area contributed by atoms with E-state index < -0.39 is 12.0 Å². The van der Waals surface area contributed by atoms with Crippen molar-refractivity contribution in [1.82, 2.24) is 14.6 Å². The van der Waals surface area contributed by atoms with Crippen molar-refractivity contribution >= 4 is 23.0 Å². The van der Waals surface area contributed by atoms with Gasteiger partial charge in [0.15, 0.2) is 0 Å². The first kappa shape index (κ1) is 12.1. The molecule has 94 valence electrons. The van der Waals surface area contributed by atoms with Crippen LogP contribution in [0.2, 0.25) is 0 Å². The first-order valence-corrected chi connectivity index (χ1v) is 5.07. The minimum Gasteiger partial charge on any atom is -0.464 e. The van der Waals surface area contributed by atoms with Crippen LogP contribution in [0.15, 0.2) is 24.5 Å². The molecule has 1 aromatic carbocycles. The summed E-state index contributed by atoms with van der Waals surface area (Å²) >= 11 is 0. The Bertz CT molecular complexity index is 620. The molecule has 1 aromatic heterocycles. The van der Waals surface area contributed by atoms with E-state index in [2.05, 4.69) is 4.98 Å². The second kappa shape index (κ2) is 4.46. The van der Waals surface area contributed by atoms with Gasteiger partial charge in [-0.25, -0.2) is 19.4 Å². The summed E-state index contributed by atoms with van der Waals surface area (Å²) in [5.74, 6) is -0.390. The zero-order valence-corrected chi connectivity index (χ0v) is 9.82. The number of carbonyl (C=O) groups is 2. The van der Waals surface area contributed by atoms with Crippen LogP contribution in [-0.4, -0.2) is 45.9 Å². The Balaban J connectivity index is 2.60. The molecule has 7 nitrogen and oxygen atoms in total. The molecule has 18 heavy (non-hydrogen) atoms. The van der Waals surface area contributed by atoms with Gasteiger partial charge in [0.25, 0.3) is 5.91 Å². The van der Waals surface area contributed by atoms with Crippen molar-refractivity contribution in [2.75, 3.05) is 14.2 Å². The lowest BCUT2D eigenvalue weighted by atomic mass is 10.1. The molecular weight excluding hydrogens is 238 g/mol. The van der Waals surface area contributed by atoms with Crippen LogP contribution in [0.25, 0.3) is 11.0 Å². The van der Waals surface area contributed by atoms with Crippen molar-refractivity contribution in [1.29, 1.82) is 0 Å². The summed E-state index contributed by atoms with van der Waals surface area (Å²) < 4.78 is 0.957. The summed E-state index contributed by atoms with van der Waals surface area (Å²) in [4.78, 5) is 31.7. The Kier molecular flexibility index (Phi) is 2.99. The average Bonchev–Trinajstić information content (AvgIpc) is 2.80. The zero-order chi connectivity index (χ0) is 13.3. The molecule has 0 fully saturated rings. The fourth-order valence-electron chi connectivity index (χ4n) is 1.62. The van der Waals surface area contributed by atoms with Gasteiger partial charge < -0.3 is 5.11 Å². The molecule has 0 saturated heterocycles. The molecule has 0 saturated carbocycles. The lowest BCUT2D eigenvalue weighted by molar-refractivity contribution is -0.0755. The second-order valence-corrected chi connectivity index (χ2v) is 3.56. The Morgan fingerprint density at radius 3 is 2.78 bits per heavy atom. The number of fused-ring (bicyclic) bond motifs is 1. The van der Waals surface area contributed by atoms with Crippen LogP contribution < -0.4 is 0 Å². The molecule has 1 heterocycles. The Labute approximate surface area is 102 Å². The number of hydrogen-bond donors (Lipinski definition) is 1. The lowest BCUT2D eigenvalue weighted by Crippen LogP contribution is -2.25. The number of imidazole rings is 1. The zero-order valence-electron chi connectivity index (χ0n) is 9.82. The van der Waals surface area contributed by atoms with E-state index in [1.54, 1.807) is 18.2 Å². The van der Waals surface area contributed by atoms with Crippen molar-refractivity contribution in [3.63, 3.8) is 0 Å². The summed E-state index contributed by atoms with van der Waals surface area (Å²) in [6.45, 7) is 0. The van der Waals surface area contributed by atoms with Gasteiger partial charge in [-0.1, -0.05) is 6.07 Å². The Morgan fingerprint density at radius 2 is 2.17 bits per heavy atom. The molecule has 2 aromatic rings. The molecular formula is C11H11N3O4. The molecule has 7 heteroatoms. The van der Waals surface area contributed by atoms with E-state index in [1.807, 2.05) is 0 Å². The van der Waals surface area contributed by atoms with E-state index >= 15 is 0 Å². The van der Waals surface area contributed by atoms with Gasteiger partial charge in [-0.2, -0.15) is 0 Å². The van der Waals surface area contributed by atoms with Crippen molar-refractivity contribution < 1.29 is 19.5 Å². The maximum Gasteiger partial charge on any atom is 0.417 e. The summed E-state index contributed by atoms with van der Waals surface area (Å²) in [6, 6.07) is 4.75. The molecule has 1 amide bonds. The predicted octanol–water partition coefficient (Wildman–Crippen LogP) is 1.20. The molecule has 0 atom stereocenters. The van der Waals surface area contributed by atoms with Crippen LogP contribution in [0.4, 0.5) is 4.79 Å². The minimum atomic E-state index is -1.15. The van der Waals surface area contributed by atoms with Gasteiger partial charge in [-0.3, -0.25) is 9.63 Å². The molecule has 0 bridgehead atoms. The first-order valence-electron chi connectivity index (χ1n) is 5.07. The molecule has 0 aliphatic carbocycles. The fourth-order valence-corrected chi connectivity index (χ4v) is 1.62. The van der Waals surface area contributed by atoms with Crippen molar-refractivity contribution in [2.45, 2.75) is 0 Å². The summed E-state index contributed by atoms with van der Waals surface area (Å²) in [7, 11) is 2.84. The van der Waals surface area contributed by atoms with Crippen molar-refractivity contribution in [3.05, 3.63) is 30.1 Å². The van der Waals surface area contributed by atoms with Crippen LogP contribution in [0.1, 0.15) is 10.4 Å². The number of hydrogen-bond acceptors (Lipinski definition) is 4. The smallest absolute Gasteiger partial charge is 0.417 e. The third-order valence-electron chi connectivity index (χ3n) is 2.57. The van der Waals surface area contributed by atoms with Crippen LogP contribution in [0.5, 0.6) is 0 Å². The monoisotopic (exact) mass is 249 g/mol. The molecule has 2 rings (SSSR count). The second-order valence-electron chi connectivity index (χ2n) is 3.56. The van der Waals surface area contributed by atoms with Crippen LogP contribution in [0, 0.1) is 0 Å². The van der Waals surface area contributed by atoms with Gasteiger partial charge in [-0.05, 0) is 12.1 Å². The highest BCUT2D eigenvalue weighted by Crippen LogP contribution is 2.18. The SMILES string of the molecule is CON(C)C(=O)c1cccc2c1ncn2C(=O)O. The standard InChI is InChI=1S/C11H11N3O4/c1-13(18-2)10(15)7-4-3-5-8-9(7)12-6-14(8)11(16)17/h3-6H,1-2H3,(H,16,17). The van der Waals surface area contributed by atoms with Crippen molar-refractivity contribution in [2.24, 2.45) is 0 Å². The average molecular weight is 249 g/mol. The maximum atomic E-state index is 12.0. The van der Waals surface area contributed by atoms with Crippen LogP contribution >= 0.6 is 0 Å². The van der Waals surface area contributed by atoms with E-state index in [-0.39, 0.29) is 5.56 Å². The number of carbonyl (C=O) groups excluding carboxylic acids is 1. The van der Waals surface area contributed by atoms with Gasteiger partial charge in [0.05, 0.1) is 18.2 Å². The number of hydroxylamine groups is 2. The van der Waals surface area contributed by atoms with Gasteiger partial charge in [0.1, 0.15) is 11.8 Å². The highest BCUT2D eigenvalue weighted by molar-refractivity contribution is 6.05. The third kappa shape index (κ3) is 1.80. The molecule has 0 unspecified atom stereocenters. The number of benzene rings is 1. The fraction of sp³-hybridized carbons (Fsp3) is 0.182. The maximum absolute atomic E-state index is 12.0. The van der Waals surface area contributed by atoms with Crippen LogP contribution in [0.3, 0.4) is 0 Å². The van der Waals surface area contributed by atoms with E-state index in [1.165, 1.54) is 14.2 Å². The number of aromatic nitrogens is 2. The Hall–Kier alpha value is -2.41. The van der Waals surface area contributed by atoms with Gasteiger partial charge in [0, 0.05) is 7.05 Å². The van der Waals surface area contributed by atoms with E-state index in [0.29, 0.717) is 11.0 Å². The van der Waals surface area contributed by atoms with Gasteiger partial charge in [-0.15, -0.1) is 0 Å². The molecule has 0 radical (unpaired) electrons. The molecule has 1 N–H and O–H groups in total. The largest absolute Gasteiger partial charge is 0.464 e. The molecule has 0 aliphatic rings. The van der Waals surface area contributed by atoms with Gasteiger partial charge >= 0.3 is 6.09 Å². The quantitative estimate of drug-likeness (QED) is 0.808. The van der Waals surface area contributed by atoms with E-state index in [0.717, 1.165) is 16.0 Å².